The van der Waals surface area contributed by atoms with E-state index in [1.165, 1.54) is 0 Å². The van der Waals surface area contributed by atoms with E-state index >= 15 is 0 Å². The summed E-state index contributed by atoms with van der Waals surface area (Å²) in [7, 11) is 0. The van der Waals surface area contributed by atoms with Gasteiger partial charge in [0.25, 0.3) is 5.56 Å². The molecular weight excluding hydrogens is 324 g/mol. The summed E-state index contributed by atoms with van der Waals surface area (Å²) in [5, 5.41) is 3.66. The van der Waals surface area contributed by atoms with Gasteiger partial charge in [-0.15, -0.1) is 0 Å². The van der Waals surface area contributed by atoms with Gasteiger partial charge in [-0.1, -0.05) is 31.5 Å². The molecule has 0 saturated heterocycles. The number of hydrogen-bond acceptors (Lipinski definition) is 3. The van der Waals surface area contributed by atoms with E-state index in [0.717, 1.165) is 51.3 Å². The Balaban J connectivity index is 1.90. The molecule has 5 rings (SSSR count). The van der Waals surface area contributed by atoms with E-state index in [1.807, 2.05) is 54.7 Å². The zero-order valence-corrected chi connectivity index (χ0v) is 14.5. The first-order valence-corrected chi connectivity index (χ1v) is 8.99. The smallest absolute Gasteiger partial charge is 0.263 e. The first-order chi connectivity index (χ1) is 12.8. The van der Waals surface area contributed by atoms with E-state index in [-0.39, 0.29) is 5.56 Å². The molecule has 0 atom stereocenters. The van der Waals surface area contributed by atoms with Crippen LogP contribution in [0.3, 0.4) is 0 Å². The summed E-state index contributed by atoms with van der Waals surface area (Å²) in [6, 6.07) is 15.6. The Bertz CT molecular complexity index is 1320. The van der Waals surface area contributed by atoms with Crippen LogP contribution in [0.1, 0.15) is 19.8 Å². The average Bonchev–Trinajstić information content (AvgIpc) is 3.01. The molecule has 0 amide bonds. The van der Waals surface area contributed by atoms with Gasteiger partial charge in [0.1, 0.15) is 5.75 Å². The molecule has 3 heterocycles. The highest BCUT2D eigenvalue weighted by molar-refractivity contribution is 6.18. The van der Waals surface area contributed by atoms with Crippen LogP contribution in [-0.2, 0) is 0 Å². The van der Waals surface area contributed by atoms with Crippen LogP contribution < -0.4 is 10.3 Å². The van der Waals surface area contributed by atoms with E-state index in [9.17, 15) is 4.79 Å². The Hall–Kier alpha value is -3.14. The molecule has 0 aliphatic rings. The molecule has 0 aliphatic carbocycles. The highest BCUT2D eigenvalue weighted by Crippen LogP contribution is 2.34. The van der Waals surface area contributed by atoms with Crippen LogP contribution in [0.5, 0.6) is 5.75 Å². The maximum Gasteiger partial charge on any atom is 0.263 e. The van der Waals surface area contributed by atoms with Crippen LogP contribution in [0, 0.1) is 0 Å². The van der Waals surface area contributed by atoms with Crippen molar-refractivity contribution in [2.45, 2.75) is 19.8 Å². The van der Waals surface area contributed by atoms with Gasteiger partial charge in [-0.3, -0.25) is 14.2 Å². The number of pyridine rings is 2. The lowest BCUT2D eigenvalue weighted by atomic mass is 10.1. The van der Waals surface area contributed by atoms with Crippen molar-refractivity contribution in [2.24, 2.45) is 0 Å². The molecule has 0 spiro atoms. The summed E-state index contributed by atoms with van der Waals surface area (Å²) in [5.74, 6) is 0.840. The predicted octanol–water partition coefficient (Wildman–Crippen LogP) is 4.77. The number of ether oxygens (including phenoxy) is 1. The second-order valence-electron chi connectivity index (χ2n) is 6.62. The maximum atomic E-state index is 13.2. The summed E-state index contributed by atoms with van der Waals surface area (Å²) in [5.41, 5.74) is 2.65. The van der Waals surface area contributed by atoms with Crippen molar-refractivity contribution in [3.63, 3.8) is 0 Å². The summed E-state index contributed by atoms with van der Waals surface area (Å²) >= 11 is 0. The van der Waals surface area contributed by atoms with Crippen LogP contribution in [0.15, 0.2) is 59.5 Å². The van der Waals surface area contributed by atoms with Gasteiger partial charge in [-0.2, -0.15) is 0 Å². The molecule has 26 heavy (non-hydrogen) atoms. The zero-order valence-electron chi connectivity index (χ0n) is 14.5. The van der Waals surface area contributed by atoms with Crippen molar-refractivity contribution in [1.29, 1.82) is 0 Å². The Morgan fingerprint density at radius 1 is 1.00 bits per heavy atom. The van der Waals surface area contributed by atoms with Gasteiger partial charge in [0.15, 0.2) is 0 Å². The lowest BCUT2D eigenvalue weighted by Crippen LogP contribution is -2.13. The number of rotatable bonds is 4. The highest BCUT2D eigenvalue weighted by Gasteiger charge is 2.17. The van der Waals surface area contributed by atoms with Gasteiger partial charge in [-0.05, 0) is 36.8 Å². The number of fused-ring (bicyclic) bond motifs is 5. The molecule has 0 aliphatic heterocycles. The number of hydrogen-bond donors (Lipinski definition) is 0. The SMILES string of the molecule is CCCCOc1ccc2c(c1)c1ccnc3c4ccccc4c(=O)n2c13. The predicted molar refractivity (Wildman–Crippen MR) is 106 cm³/mol. The first-order valence-electron chi connectivity index (χ1n) is 8.99. The number of aromatic nitrogens is 2. The molecule has 0 N–H and O–H groups in total. The molecule has 5 aromatic rings. The minimum Gasteiger partial charge on any atom is -0.494 e. The lowest BCUT2D eigenvalue weighted by Gasteiger charge is -2.05. The van der Waals surface area contributed by atoms with E-state index in [4.69, 9.17) is 4.74 Å². The summed E-state index contributed by atoms with van der Waals surface area (Å²) in [6.07, 6.45) is 3.95. The van der Waals surface area contributed by atoms with Crippen LogP contribution in [0.2, 0.25) is 0 Å². The maximum absolute atomic E-state index is 13.2. The fraction of sp³-hybridized carbons (Fsp3) is 0.182. The minimum absolute atomic E-state index is 0.000696. The van der Waals surface area contributed by atoms with Crippen molar-refractivity contribution in [3.8, 4) is 5.75 Å². The largest absolute Gasteiger partial charge is 0.494 e. The molecular formula is C22H18N2O2. The van der Waals surface area contributed by atoms with E-state index in [1.54, 1.807) is 4.40 Å². The van der Waals surface area contributed by atoms with Crippen molar-refractivity contribution < 1.29 is 4.74 Å². The van der Waals surface area contributed by atoms with Gasteiger partial charge >= 0.3 is 0 Å². The number of nitrogens with zero attached hydrogens (tertiary/aromatic N) is 2. The van der Waals surface area contributed by atoms with Gasteiger partial charge in [0.2, 0.25) is 0 Å². The quantitative estimate of drug-likeness (QED) is 0.349. The topological polar surface area (TPSA) is 43.6 Å². The second-order valence-corrected chi connectivity index (χ2v) is 6.62. The third-order valence-electron chi connectivity index (χ3n) is 5.03. The third-order valence-corrected chi connectivity index (χ3v) is 5.03. The van der Waals surface area contributed by atoms with Gasteiger partial charge in [0.05, 0.1) is 23.2 Å². The Morgan fingerprint density at radius 3 is 2.69 bits per heavy atom. The summed E-state index contributed by atoms with van der Waals surface area (Å²) < 4.78 is 7.67. The molecule has 2 aromatic carbocycles. The molecule has 0 saturated carbocycles. The fourth-order valence-corrected chi connectivity index (χ4v) is 3.77. The Morgan fingerprint density at radius 2 is 1.85 bits per heavy atom. The van der Waals surface area contributed by atoms with E-state index in [2.05, 4.69) is 11.9 Å². The number of unbranched alkanes of at least 4 members (excludes halogenated alkanes) is 1. The van der Waals surface area contributed by atoms with Crippen molar-refractivity contribution in [3.05, 3.63) is 65.1 Å². The second kappa shape index (κ2) is 5.70. The summed E-state index contributed by atoms with van der Waals surface area (Å²) in [4.78, 5) is 17.8. The first kappa shape index (κ1) is 15.1. The molecule has 4 nitrogen and oxygen atoms in total. The Kier molecular flexibility index (Phi) is 3.32. The Labute approximate surface area is 150 Å². The monoisotopic (exact) mass is 342 g/mol. The fourth-order valence-electron chi connectivity index (χ4n) is 3.77. The van der Waals surface area contributed by atoms with Crippen molar-refractivity contribution >= 4 is 38.1 Å². The van der Waals surface area contributed by atoms with Gasteiger partial charge < -0.3 is 4.74 Å². The molecule has 0 unspecified atom stereocenters. The van der Waals surface area contributed by atoms with Gasteiger partial charge in [-0.25, -0.2) is 0 Å². The van der Waals surface area contributed by atoms with Crippen molar-refractivity contribution in [1.82, 2.24) is 9.38 Å². The van der Waals surface area contributed by atoms with Crippen LogP contribution >= 0.6 is 0 Å². The van der Waals surface area contributed by atoms with Gasteiger partial charge in [0, 0.05) is 27.7 Å². The number of benzene rings is 2. The normalized spacial score (nSPS) is 11.9. The van der Waals surface area contributed by atoms with Crippen LogP contribution in [0.4, 0.5) is 0 Å². The van der Waals surface area contributed by atoms with E-state index < -0.39 is 0 Å². The average molecular weight is 342 g/mol. The highest BCUT2D eigenvalue weighted by atomic mass is 16.5. The lowest BCUT2D eigenvalue weighted by molar-refractivity contribution is 0.310. The van der Waals surface area contributed by atoms with Crippen LogP contribution in [0.25, 0.3) is 38.1 Å². The molecule has 0 radical (unpaired) electrons. The minimum atomic E-state index is 0.000696. The molecule has 4 heteroatoms. The molecule has 3 aromatic heterocycles. The standard InChI is InChI=1S/C22H18N2O2/c1-2-3-12-26-14-8-9-19-18(13-14)16-10-11-23-20-15-6-4-5-7-17(15)22(25)24(19)21(16)20/h4-11,13H,2-3,12H2,1H3. The summed E-state index contributed by atoms with van der Waals surface area (Å²) in [6.45, 7) is 2.85. The third kappa shape index (κ3) is 2.02. The molecule has 128 valence electrons. The molecule has 0 bridgehead atoms. The van der Waals surface area contributed by atoms with E-state index in [0.29, 0.717) is 12.0 Å². The molecule has 0 fully saturated rings. The van der Waals surface area contributed by atoms with Crippen molar-refractivity contribution in [2.75, 3.05) is 6.61 Å². The van der Waals surface area contributed by atoms with Crippen LogP contribution in [-0.4, -0.2) is 16.0 Å². The zero-order chi connectivity index (χ0) is 17.7.